The zero-order valence-corrected chi connectivity index (χ0v) is 13.6. The highest BCUT2D eigenvalue weighted by atomic mass is 35.5. The number of rotatable bonds is 5. The van der Waals surface area contributed by atoms with E-state index in [1.165, 1.54) is 0 Å². The summed E-state index contributed by atoms with van der Waals surface area (Å²) in [6, 6.07) is 6.07. The van der Waals surface area contributed by atoms with Crippen LogP contribution in [0.5, 0.6) is 0 Å². The van der Waals surface area contributed by atoms with Crippen LogP contribution >= 0.6 is 22.9 Å². The monoisotopic (exact) mass is 309 g/mol. The third-order valence-electron chi connectivity index (χ3n) is 3.10. The Bertz CT molecular complexity index is 580. The van der Waals surface area contributed by atoms with Gasteiger partial charge in [-0.15, -0.1) is 11.3 Å². The number of aryl methyl sites for hydroxylation is 1. The number of thiazole rings is 1. The first kappa shape index (κ1) is 15.3. The summed E-state index contributed by atoms with van der Waals surface area (Å²) in [6.45, 7) is 4.79. The molecule has 20 heavy (non-hydrogen) atoms. The molecule has 0 aliphatic rings. The van der Waals surface area contributed by atoms with Gasteiger partial charge < -0.3 is 10.6 Å². The van der Waals surface area contributed by atoms with Gasteiger partial charge >= 0.3 is 0 Å². The van der Waals surface area contributed by atoms with E-state index in [4.69, 9.17) is 17.3 Å². The van der Waals surface area contributed by atoms with Gasteiger partial charge in [-0.25, -0.2) is 4.98 Å². The molecule has 0 aliphatic carbocycles. The molecule has 108 valence electrons. The average molecular weight is 310 g/mol. The molecule has 0 saturated heterocycles. The number of benzene rings is 1. The van der Waals surface area contributed by atoms with Crippen molar-refractivity contribution in [3.63, 3.8) is 0 Å². The van der Waals surface area contributed by atoms with Crippen LogP contribution in [0.25, 0.3) is 0 Å². The molecule has 0 aliphatic heterocycles. The van der Waals surface area contributed by atoms with Gasteiger partial charge in [-0.1, -0.05) is 17.7 Å². The molecule has 1 heterocycles. The molecule has 5 heteroatoms. The summed E-state index contributed by atoms with van der Waals surface area (Å²) >= 11 is 8.00. The molecule has 1 unspecified atom stereocenters. The quantitative estimate of drug-likeness (QED) is 0.917. The van der Waals surface area contributed by atoms with Crippen molar-refractivity contribution in [3.8, 4) is 0 Å². The third-order valence-corrected chi connectivity index (χ3v) is 4.27. The molecule has 2 aromatic rings. The van der Waals surface area contributed by atoms with E-state index in [2.05, 4.69) is 28.4 Å². The van der Waals surface area contributed by atoms with Gasteiger partial charge in [0.25, 0.3) is 0 Å². The lowest BCUT2D eigenvalue weighted by atomic mass is 10.0. The van der Waals surface area contributed by atoms with Gasteiger partial charge in [-0.2, -0.15) is 0 Å². The molecule has 0 radical (unpaired) electrons. The van der Waals surface area contributed by atoms with Crippen molar-refractivity contribution in [2.45, 2.75) is 32.9 Å². The Morgan fingerprint density at radius 3 is 2.80 bits per heavy atom. The van der Waals surface area contributed by atoms with Gasteiger partial charge in [-0.3, -0.25) is 0 Å². The first-order valence-corrected chi connectivity index (χ1v) is 7.88. The van der Waals surface area contributed by atoms with Crippen LogP contribution in [0.2, 0.25) is 5.02 Å². The molecule has 2 rings (SSSR count). The van der Waals surface area contributed by atoms with E-state index in [0.717, 1.165) is 39.9 Å². The summed E-state index contributed by atoms with van der Waals surface area (Å²) in [4.78, 5) is 6.69. The maximum atomic E-state index is 6.33. The molecule has 0 spiro atoms. The van der Waals surface area contributed by atoms with E-state index in [-0.39, 0.29) is 6.04 Å². The van der Waals surface area contributed by atoms with Gasteiger partial charge in [-0.05, 0) is 38.0 Å². The van der Waals surface area contributed by atoms with Gasteiger partial charge in [0.2, 0.25) is 0 Å². The molecule has 1 aromatic heterocycles. The first-order valence-electron chi connectivity index (χ1n) is 6.62. The second-order valence-electron chi connectivity index (χ2n) is 5.13. The zero-order chi connectivity index (χ0) is 14.7. The molecule has 0 fully saturated rings. The summed E-state index contributed by atoms with van der Waals surface area (Å²) < 4.78 is 0. The van der Waals surface area contributed by atoms with Crippen molar-refractivity contribution in [3.05, 3.63) is 44.9 Å². The Morgan fingerprint density at radius 1 is 1.45 bits per heavy atom. The number of hydrogen-bond donors (Lipinski definition) is 1. The normalized spacial score (nSPS) is 12.4. The fourth-order valence-electron chi connectivity index (χ4n) is 2.24. The van der Waals surface area contributed by atoms with Crippen LogP contribution in [0.1, 0.15) is 23.2 Å². The van der Waals surface area contributed by atoms with Crippen LogP contribution in [0.15, 0.2) is 23.6 Å². The van der Waals surface area contributed by atoms with Crippen molar-refractivity contribution in [2.75, 3.05) is 11.9 Å². The molecular formula is C15H20ClN3S. The number of hydrogen-bond acceptors (Lipinski definition) is 4. The number of nitrogens with two attached hydrogens (primary N) is 1. The number of aromatic nitrogens is 1. The number of anilines is 1. The first-order chi connectivity index (χ1) is 9.47. The predicted octanol–water partition coefficient (Wildman–Crippen LogP) is 3.63. The van der Waals surface area contributed by atoms with E-state index in [1.807, 2.05) is 26.0 Å². The van der Waals surface area contributed by atoms with Gasteiger partial charge in [0.1, 0.15) is 0 Å². The minimum atomic E-state index is 0.0866. The molecular weight excluding hydrogens is 290 g/mol. The highest BCUT2D eigenvalue weighted by molar-refractivity contribution is 7.09. The van der Waals surface area contributed by atoms with Crippen LogP contribution < -0.4 is 10.6 Å². The predicted molar refractivity (Wildman–Crippen MR) is 87.8 cm³/mol. The summed E-state index contributed by atoms with van der Waals surface area (Å²) in [7, 11) is 2.06. The Balaban J connectivity index is 2.24. The Hall–Kier alpha value is -1.10. The van der Waals surface area contributed by atoms with Crippen molar-refractivity contribution in [1.82, 2.24) is 4.98 Å². The van der Waals surface area contributed by atoms with Crippen LogP contribution in [0.4, 0.5) is 5.69 Å². The molecule has 0 saturated carbocycles. The average Bonchev–Trinajstić information content (AvgIpc) is 2.76. The molecule has 2 N–H and O–H groups in total. The van der Waals surface area contributed by atoms with Crippen molar-refractivity contribution in [2.24, 2.45) is 5.73 Å². The molecule has 0 amide bonds. The SMILES string of the molecule is Cc1nc(CN(C)c2cccc(Cl)c2CC(C)N)cs1. The van der Waals surface area contributed by atoms with Crippen LogP contribution in [-0.2, 0) is 13.0 Å². The Kier molecular flexibility index (Phi) is 5.02. The molecule has 0 bridgehead atoms. The highest BCUT2D eigenvalue weighted by Gasteiger charge is 2.13. The lowest BCUT2D eigenvalue weighted by molar-refractivity contribution is 0.733. The second-order valence-corrected chi connectivity index (χ2v) is 6.60. The van der Waals surface area contributed by atoms with Gasteiger partial charge in [0.15, 0.2) is 0 Å². The summed E-state index contributed by atoms with van der Waals surface area (Å²) in [5, 5.41) is 3.97. The number of nitrogens with zero attached hydrogens (tertiary/aromatic N) is 2. The molecule has 1 atom stereocenters. The summed E-state index contributed by atoms with van der Waals surface area (Å²) in [6.07, 6.45) is 0.773. The lowest BCUT2D eigenvalue weighted by Crippen LogP contribution is -2.22. The maximum Gasteiger partial charge on any atom is 0.0898 e. The second kappa shape index (κ2) is 6.57. The van der Waals surface area contributed by atoms with E-state index in [0.29, 0.717) is 0 Å². The fourth-order valence-corrected chi connectivity index (χ4v) is 3.09. The molecule has 3 nitrogen and oxygen atoms in total. The van der Waals surface area contributed by atoms with Gasteiger partial charge in [0, 0.05) is 29.2 Å². The largest absolute Gasteiger partial charge is 0.368 e. The van der Waals surface area contributed by atoms with Crippen molar-refractivity contribution in [1.29, 1.82) is 0 Å². The zero-order valence-electron chi connectivity index (χ0n) is 12.1. The maximum absolute atomic E-state index is 6.33. The van der Waals surface area contributed by atoms with E-state index in [9.17, 15) is 0 Å². The fraction of sp³-hybridized carbons (Fsp3) is 0.400. The van der Waals surface area contributed by atoms with E-state index in [1.54, 1.807) is 11.3 Å². The topological polar surface area (TPSA) is 42.2 Å². The highest BCUT2D eigenvalue weighted by Crippen LogP contribution is 2.29. The summed E-state index contributed by atoms with van der Waals surface area (Å²) in [5.74, 6) is 0. The summed E-state index contributed by atoms with van der Waals surface area (Å²) in [5.41, 5.74) is 9.25. The Labute approximate surface area is 129 Å². The smallest absolute Gasteiger partial charge is 0.0898 e. The standard InChI is InChI=1S/C15H20ClN3S/c1-10(17)7-13-14(16)5-4-6-15(13)19(3)8-12-9-20-11(2)18-12/h4-6,9-10H,7-8,17H2,1-3H3. The van der Waals surface area contributed by atoms with E-state index >= 15 is 0 Å². The van der Waals surface area contributed by atoms with Gasteiger partial charge in [0.05, 0.1) is 17.2 Å². The lowest BCUT2D eigenvalue weighted by Gasteiger charge is -2.23. The minimum absolute atomic E-state index is 0.0866. The van der Waals surface area contributed by atoms with Crippen molar-refractivity contribution < 1.29 is 0 Å². The van der Waals surface area contributed by atoms with Crippen LogP contribution in [-0.4, -0.2) is 18.1 Å². The molecule has 1 aromatic carbocycles. The number of halogens is 1. The van der Waals surface area contributed by atoms with E-state index < -0.39 is 0 Å². The Morgan fingerprint density at radius 2 is 2.20 bits per heavy atom. The van der Waals surface area contributed by atoms with Crippen molar-refractivity contribution >= 4 is 28.6 Å². The third kappa shape index (κ3) is 3.72. The van der Waals surface area contributed by atoms with Crippen LogP contribution in [0.3, 0.4) is 0 Å². The minimum Gasteiger partial charge on any atom is -0.368 e. The van der Waals surface area contributed by atoms with Crippen LogP contribution in [0, 0.1) is 6.92 Å².